The van der Waals surface area contributed by atoms with Gasteiger partial charge in [0.2, 0.25) is 5.82 Å². The van der Waals surface area contributed by atoms with Gasteiger partial charge in [-0.25, -0.2) is 4.39 Å². The zero-order chi connectivity index (χ0) is 17.4. The number of aromatic nitrogens is 5. The maximum absolute atomic E-state index is 13.4. The van der Waals surface area contributed by atoms with Crippen molar-refractivity contribution in [2.45, 2.75) is 0 Å². The van der Waals surface area contributed by atoms with E-state index in [0.717, 1.165) is 0 Å². The highest BCUT2D eigenvalue weighted by molar-refractivity contribution is 6.33. The molecule has 0 atom stereocenters. The van der Waals surface area contributed by atoms with Gasteiger partial charge >= 0.3 is 0 Å². The third kappa shape index (κ3) is 2.72. The number of anilines is 1. The molecule has 0 aliphatic rings. The largest absolute Gasteiger partial charge is 0.382 e. The lowest BCUT2D eigenvalue weighted by molar-refractivity contribution is 0.431. The first kappa shape index (κ1) is 15.3. The molecular formula is C16H10ClFN6O. The molecule has 2 heterocycles. The lowest BCUT2D eigenvalue weighted by Crippen LogP contribution is -2.02. The van der Waals surface area contributed by atoms with E-state index in [4.69, 9.17) is 21.9 Å². The molecule has 0 aliphatic carbocycles. The molecule has 0 saturated heterocycles. The minimum Gasteiger partial charge on any atom is -0.382 e. The van der Waals surface area contributed by atoms with E-state index in [1.807, 2.05) is 6.07 Å². The van der Waals surface area contributed by atoms with E-state index in [1.165, 1.54) is 16.8 Å². The second-order valence-corrected chi connectivity index (χ2v) is 5.53. The van der Waals surface area contributed by atoms with Crippen LogP contribution >= 0.6 is 11.6 Å². The molecule has 2 aromatic heterocycles. The molecule has 0 spiro atoms. The van der Waals surface area contributed by atoms with Gasteiger partial charge in [0.05, 0.1) is 10.7 Å². The summed E-state index contributed by atoms with van der Waals surface area (Å²) in [5, 5.41) is 12.3. The molecule has 9 heteroatoms. The number of nitrogen functional groups attached to an aromatic ring is 1. The highest BCUT2D eigenvalue weighted by Crippen LogP contribution is 2.29. The van der Waals surface area contributed by atoms with Crippen LogP contribution in [0.5, 0.6) is 0 Å². The number of rotatable bonds is 3. The number of halogens is 2. The van der Waals surface area contributed by atoms with Gasteiger partial charge in [0, 0.05) is 5.56 Å². The number of nitrogens with two attached hydrogens (primary N) is 1. The number of benzene rings is 2. The summed E-state index contributed by atoms with van der Waals surface area (Å²) in [5.74, 6) is 0.142. The number of hydrogen-bond acceptors (Lipinski definition) is 6. The smallest absolute Gasteiger partial charge is 0.282 e. The van der Waals surface area contributed by atoms with E-state index >= 15 is 0 Å². The van der Waals surface area contributed by atoms with Gasteiger partial charge in [-0.2, -0.15) is 9.67 Å². The Kier molecular flexibility index (Phi) is 3.66. The minimum atomic E-state index is -0.409. The lowest BCUT2D eigenvalue weighted by Gasteiger charge is -2.02. The maximum atomic E-state index is 13.4. The molecule has 4 aromatic rings. The Balaban J connectivity index is 1.74. The predicted molar refractivity (Wildman–Crippen MR) is 89.5 cm³/mol. The van der Waals surface area contributed by atoms with Gasteiger partial charge in [0.1, 0.15) is 5.82 Å². The van der Waals surface area contributed by atoms with Crippen molar-refractivity contribution >= 4 is 17.4 Å². The van der Waals surface area contributed by atoms with E-state index in [-0.39, 0.29) is 17.4 Å². The molecule has 124 valence electrons. The second kappa shape index (κ2) is 5.99. The number of hydrogen-bond donors (Lipinski definition) is 1. The topological polar surface area (TPSA) is 95.7 Å². The van der Waals surface area contributed by atoms with Crippen molar-refractivity contribution in [1.82, 2.24) is 25.1 Å². The summed E-state index contributed by atoms with van der Waals surface area (Å²) in [6.45, 7) is 0. The van der Waals surface area contributed by atoms with Gasteiger partial charge in [-0.15, -0.1) is 5.10 Å². The molecule has 0 bridgehead atoms. The van der Waals surface area contributed by atoms with Crippen molar-refractivity contribution in [2.24, 2.45) is 0 Å². The Morgan fingerprint density at radius 3 is 2.76 bits per heavy atom. The fraction of sp³-hybridized carbons (Fsp3) is 0. The van der Waals surface area contributed by atoms with Crippen LogP contribution in [-0.4, -0.2) is 25.1 Å². The SMILES string of the molecule is Nc1c(-c2nc(-c3ccccc3Cl)no2)nnn1-c1cccc(F)c1. The molecule has 7 nitrogen and oxygen atoms in total. The summed E-state index contributed by atoms with van der Waals surface area (Å²) in [6, 6.07) is 12.9. The van der Waals surface area contributed by atoms with Crippen LogP contribution < -0.4 is 5.73 Å². The fourth-order valence-corrected chi connectivity index (χ4v) is 2.53. The van der Waals surface area contributed by atoms with Crippen molar-refractivity contribution < 1.29 is 8.91 Å². The second-order valence-electron chi connectivity index (χ2n) is 5.12. The highest BCUT2D eigenvalue weighted by atomic mass is 35.5. The first-order valence-electron chi connectivity index (χ1n) is 7.19. The fourth-order valence-electron chi connectivity index (χ4n) is 2.31. The van der Waals surface area contributed by atoms with Crippen LogP contribution in [0.2, 0.25) is 5.02 Å². The van der Waals surface area contributed by atoms with Gasteiger partial charge in [0.25, 0.3) is 5.89 Å². The van der Waals surface area contributed by atoms with Crippen molar-refractivity contribution in [3.8, 4) is 28.7 Å². The Hall–Kier alpha value is -3.26. The Morgan fingerprint density at radius 1 is 1.12 bits per heavy atom. The summed E-state index contributed by atoms with van der Waals surface area (Å²) in [6.07, 6.45) is 0. The molecule has 0 aliphatic heterocycles. The maximum Gasteiger partial charge on any atom is 0.282 e. The predicted octanol–water partition coefficient (Wildman–Crippen LogP) is 3.36. The Morgan fingerprint density at radius 2 is 1.96 bits per heavy atom. The van der Waals surface area contributed by atoms with Gasteiger partial charge in [0.15, 0.2) is 11.5 Å². The van der Waals surface area contributed by atoms with Crippen LogP contribution in [0, 0.1) is 5.82 Å². The quantitative estimate of drug-likeness (QED) is 0.604. The number of nitrogens with zero attached hydrogens (tertiary/aromatic N) is 5. The molecule has 0 saturated carbocycles. The molecule has 2 N–H and O–H groups in total. The van der Waals surface area contributed by atoms with E-state index < -0.39 is 5.82 Å². The molecule has 25 heavy (non-hydrogen) atoms. The molecule has 2 aromatic carbocycles. The molecule has 0 unspecified atom stereocenters. The zero-order valence-corrected chi connectivity index (χ0v) is 13.4. The van der Waals surface area contributed by atoms with Gasteiger partial charge in [-0.05, 0) is 30.3 Å². The molecule has 0 fully saturated rings. The van der Waals surface area contributed by atoms with Crippen molar-refractivity contribution in [2.75, 3.05) is 5.73 Å². The molecule has 4 rings (SSSR count). The van der Waals surface area contributed by atoms with Gasteiger partial charge < -0.3 is 10.3 Å². The van der Waals surface area contributed by atoms with E-state index in [2.05, 4.69) is 20.5 Å². The standard InChI is InChI=1S/C16H10ClFN6O/c17-12-7-2-1-6-11(12)15-20-16(25-22-15)13-14(19)24(23-21-13)10-5-3-4-9(18)8-10/h1-8H,19H2. The van der Waals surface area contributed by atoms with Crippen LogP contribution in [0.4, 0.5) is 10.2 Å². The Bertz CT molecular complexity index is 1060. The normalized spacial score (nSPS) is 11.0. The monoisotopic (exact) mass is 356 g/mol. The third-order valence-corrected chi connectivity index (χ3v) is 3.83. The molecular weight excluding hydrogens is 347 g/mol. The van der Waals surface area contributed by atoms with Gasteiger partial charge in [-0.3, -0.25) is 0 Å². The van der Waals surface area contributed by atoms with Crippen LogP contribution in [-0.2, 0) is 0 Å². The highest BCUT2D eigenvalue weighted by Gasteiger charge is 2.20. The van der Waals surface area contributed by atoms with Crippen molar-refractivity contribution in [3.05, 3.63) is 59.4 Å². The van der Waals surface area contributed by atoms with Crippen LogP contribution in [0.1, 0.15) is 0 Å². The first-order valence-corrected chi connectivity index (χ1v) is 7.57. The van der Waals surface area contributed by atoms with Gasteiger partial charge in [-0.1, -0.05) is 40.2 Å². The summed E-state index contributed by atoms with van der Waals surface area (Å²) in [7, 11) is 0. The summed E-state index contributed by atoms with van der Waals surface area (Å²) < 4.78 is 19.9. The summed E-state index contributed by atoms with van der Waals surface area (Å²) in [4.78, 5) is 4.26. The van der Waals surface area contributed by atoms with E-state index in [9.17, 15) is 4.39 Å². The Labute approximate surface area is 145 Å². The zero-order valence-electron chi connectivity index (χ0n) is 12.6. The average molecular weight is 357 g/mol. The van der Waals surface area contributed by atoms with Crippen LogP contribution in [0.15, 0.2) is 53.1 Å². The minimum absolute atomic E-state index is 0.0927. The summed E-state index contributed by atoms with van der Waals surface area (Å²) >= 11 is 6.13. The molecule has 0 radical (unpaired) electrons. The van der Waals surface area contributed by atoms with E-state index in [0.29, 0.717) is 22.1 Å². The average Bonchev–Trinajstić information content (AvgIpc) is 3.22. The first-order chi connectivity index (χ1) is 12.1. The van der Waals surface area contributed by atoms with Crippen molar-refractivity contribution in [1.29, 1.82) is 0 Å². The third-order valence-electron chi connectivity index (χ3n) is 3.50. The van der Waals surface area contributed by atoms with E-state index in [1.54, 1.807) is 30.3 Å². The van der Waals surface area contributed by atoms with Crippen LogP contribution in [0.25, 0.3) is 28.7 Å². The van der Waals surface area contributed by atoms with Crippen LogP contribution in [0.3, 0.4) is 0 Å². The summed E-state index contributed by atoms with van der Waals surface area (Å²) in [5.41, 5.74) is 7.31. The van der Waals surface area contributed by atoms with Crippen molar-refractivity contribution in [3.63, 3.8) is 0 Å². The lowest BCUT2D eigenvalue weighted by atomic mass is 10.2. The molecule has 0 amide bonds.